The van der Waals surface area contributed by atoms with E-state index in [1.165, 1.54) is 5.56 Å². The zero-order chi connectivity index (χ0) is 20.3. The average Bonchev–Trinajstić information content (AvgIpc) is 2.69. The number of piperidine rings is 1. The van der Waals surface area contributed by atoms with Crippen LogP contribution in [0.4, 0.5) is 5.69 Å². The zero-order valence-electron chi connectivity index (χ0n) is 16.7. The van der Waals surface area contributed by atoms with Crippen LogP contribution in [0.5, 0.6) is 0 Å². The number of halogens is 1. The lowest BCUT2D eigenvalue weighted by Crippen LogP contribution is -2.46. The van der Waals surface area contributed by atoms with Crippen molar-refractivity contribution in [3.05, 3.63) is 64.7 Å². The molecule has 0 atom stereocenters. The van der Waals surface area contributed by atoms with Gasteiger partial charge in [-0.1, -0.05) is 44.5 Å². The molecule has 2 amide bonds. The number of nitrogens with one attached hydrogen (secondary N) is 1. The second kappa shape index (κ2) is 8.36. The van der Waals surface area contributed by atoms with Crippen LogP contribution in [0.2, 0.25) is 5.02 Å². The van der Waals surface area contributed by atoms with E-state index in [1.807, 2.05) is 24.0 Å². The summed E-state index contributed by atoms with van der Waals surface area (Å²) in [5.74, 6) is 0.469. The maximum atomic E-state index is 12.9. The number of hydrogen-bond donors (Lipinski definition) is 1. The van der Waals surface area contributed by atoms with Crippen LogP contribution in [-0.2, 0) is 4.79 Å². The van der Waals surface area contributed by atoms with Gasteiger partial charge in [-0.2, -0.15) is 0 Å². The molecule has 3 rings (SSSR count). The van der Waals surface area contributed by atoms with Gasteiger partial charge >= 0.3 is 0 Å². The van der Waals surface area contributed by atoms with Crippen LogP contribution in [0.15, 0.2) is 48.5 Å². The number of benzene rings is 2. The highest BCUT2D eigenvalue weighted by Crippen LogP contribution is 2.33. The average molecular weight is 399 g/mol. The van der Waals surface area contributed by atoms with E-state index in [2.05, 4.69) is 31.3 Å². The normalized spacial score (nSPS) is 16.1. The minimum absolute atomic E-state index is 0.0107. The first-order valence-corrected chi connectivity index (χ1v) is 10.1. The van der Waals surface area contributed by atoms with Gasteiger partial charge in [0.1, 0.15) is 0 Å². The van der Waals surface area contributed by atoms with Gasteiger partial charge in [0.25, 0.3) is 5.91 Å². The molecule has 5 heteroatoms. The molecule has 0 aliphatic carbocycles. The van der Waals surface area contributed by atoms with Gasteiger partial charge in [0.05, 0.1) is 5.41 Å². The predicted octanol–water partition coefficient (Wildman–Crippen LogP) is 5.34. The summed E-state index contributed by atoms with van der Waals surface area (Å²) in [7, 11) is 0. The Morgan fingerprint density at radius 2 is 1.57 bits per heavy atom. The quantitative estimate of drug-likeness (QED) is 0.755. The van der Waals surface area contributed by atoms with E-state index in [0.29, 0.717) is 42.4 Å². The Kier molecular flexibility index (Phi) is 6.09. The third-order valence-electron chi connectivity index (χ3n) is 5.63. The molecule has 4 nitrogen and oxygen atoms in total. The lowest BCUT2D eigenvalue weighted by atomic mass is 9.79. The molecule has 1 aliphatic heterocycles. The zero-order valence-corrected chi connectivity index (χ0v) is 17.4. The van der Waals surface area contributed by atoms with Crippen LogP contribution in [0, 0.1) is 5.41 Å². The maximum Gasteiger partial charge on any atom is 0.253 e. The summed E-state index contributed by atoms with van der Waals surface area (Å²) in [4.78, 5) is 27.3. The molecule has 1 N–H and O–H groups in total. The molecule has 28 heavy (non-hydrogen) atoms. The highest BCUT2D eigenvalue weighted by molar-refractivity contribution is 6.30. The van der Waals surface area contributed by atoms with E-state index in [1.54, 1.807) is 24.3 Å². The monoisotopic (exact) mass is 398 g/mol. The summed E-state index contributed by atoms with van der Waals surface area (Å²) in [6.45, 7) is 7.41. The van der Waals surface area contributed by atoms with E-state index < -0.39 is 5.41 Å². The first kappa shape index (κ1) is 20.4. The van der Waals surface area contributed by atoms with E-state index in [0.717, 1.165) is 5.69 Å². The fraction of sp³-hybridized carbons (Fsp3) is 0.391. The Morgan fingerprint density at radius 1 is 1.00 bits per heavy atom. The van der Waals surface area contributed by atoms with Crippen LogP contribution in [-0.4, -0.2) is 29.8 Å². The smallest absolute Gasteiger partial charge is 0.253 e. The molecule has 0 aromatic heterocycles. The molecular weight excluding hydrogens is 372 g/mol. The first-order valence-electron chi connectivity index (χ1n) is 9.75. The number of nitrogens with zero attached hydrogens (tertiary/aromatic N) is 1. The van der Waals surface area contributed by atoms with Gasteiger partial charge in [0.2, 0.25) is 5.91 Å². The molecule has 1 heterocycles. The Labute approximate surface area is 171 Å². The van der Waals surface area contributed by atoms with Gasteiger partial charge in [-0.05, 0) is 60.7 Å². The van der Waals surface area contributed by atoms with Gasteiger partial charge in [-0.25, -0.2) is 0 Å². The Hall–Kier alpha value is -2.33. The summed E-state index contributed by atoms with van der Waals surface area (Å²) < 4.78 is 0. The van der Waals surface area contributed by atoms with Crippen LogP contribution in [0.25, 0.3) is 0 Å². The number of carbonyl (C=O) groups excluding carboxylic acids is 2. The van der Waals surface area contributed by atoms with Gasteiger partial charge < -0.3 is 10.2 Å². The van der Waals surface area contributed by atoms with Crippen LogP contribution < -0.4 is 5.32 Å². The number of anilines is 1. The van der Waals surface area contributed by atoms with Crippen molar-refractivity contribution < 1.29 is 9.59 Å². The number of carbonyl (C=O) groups is 2. The van der Waals surface area contributed by atoms with E-state index >= 15 is 0 Å². The molecule has 0 radical (unpaired) electrons. The topological polar surface area (TPSA) is 49.4 Å². The van der Waals surface area contributed by atoms with Gasteiger partial charge in [-0.3, -0.25) is 9.59 Å². The molecule has 1 saturated heterocycles. The second-order valence-corrected chi connectivity index (χ2v) is 8.53. The number of likely N-dealkylation sites (tertiary alicyclic amines) is 1. The summed E-state index contributed by atoms with van der Waals surface area (Å²) >= 11 is 5.90. The molecule has 0 spiro atoms. The van der Waals surface area contributed by atoms with Crippen molar-refractivity contribution in [1.29, 1.82) is 0 Å². The fourth-order valence-corrected chi connectivity index (χ4v) is 3.56. The van der Waals surface area contributed by atoms with Crippen molar-refractivity contribution in [2.45, 2.75) is 39.5 Å². The molecule has 0 unspecified atom stereocenters. The number of rotatable bonds is 4. The van der Waals surface area contributed by atoms with E-state index in [-0.39, 0.29) is 11.8 Å². The van der Waals surface area contributed by atoms with Gasteiger partial charge in [0, 0.05) is 29.4 Å². The molecule has 1 aliphatic rings. The lowest BCUT2D eigenvalue weighted by molar-refractivity contribution is -0.127. The fourth-order valence-electron chi connectivity index (χ4n) is 3.44. The van der Waals surface area contributed by atoms with Crippen molar-refractivity contribution in [3.63, 3.8) is 0 Å². The first-order chi connectivity index (χ1) is 13.3. The SMILES string of the molecule is CC(C)c1ccc(NC(=O)C2(C)CCN(C(=O)c3ccc(Cl)cc3)CC2)cc1. The Balaban J connectivity index is 1.59. The van der Waals surface area contributed by atoms with Crippen LogP contribution >= 0.6 is 11.6 Å². The van der Waals surface area contributed by atoms with Crippen molar-refractivity contribution in [2.24, 2.45) is 5.41 Å². The third kappa shape index (κ3) is 4.56. The van der Waals surface area contributed by atoms with Crippen LogP contribution in [0.1, 0.15) is 55.5 Å². The molecule has 2 aromatic rings. The minimum atomic E-state index is -0.479. The molecule has 148 valence electrons. The summed E-state index contributed by atoms with van der Waals surface area (Å²) in [6, 6.07) is 14.9. The van der Waals surface area contributed by atoms with Crippen molar-refractivity contribution in [3.8, 4) is 0 Å². The predicted molar refractivity (Wildman–Crippen MR) is 114 cm³/mol. The van der Waals surface area contributed by atoms with Gasteiger partial charge in [0.15, 0.2) is 0 Å². The number of hydrogen-bond acceptors (Lipinski definition) is 2. The second-order valence-electron chi connectivity index (χ2n) is 8.09. The lowest BCUT2D eigenvalue weighted by Gasteiger charge is -2.38. The highest BCUT2D eigenvalue weighted by Gasteiger charge is 2.38. The number of amides is 2. The van der Waals surface area contributed by atoms with Crippen LogP contribution in [0.3, 0.4) is 0 Å². The largest absolute Gasteiger partial charge is 0.339 e. The Morgan fingerprint density at radius 3 is 2.11 bits per heavy atom. The molecule has 1 fully saturated rings. The Bertz CT molecular complexity index is 836. The van der Waals surface area contributed by atoms with Crippen molar-refractivity contribution in [1.82, 2.24) is 4.90 Å². The molecule has 0 bridgehead atoms. The van der Waals surface area contributed by atoms with E-state index in [4.69, 9.17) is 11.6 Å². The van der Waals surface area contributed by atoms with Gasteiger partial charge in [-0.15, -0.1) is 0 Å². The summed E-state index contributed by atoms with van der Waals surface area (Å²) in [6.07, 6.45) is 1.28. The highest BCUT2D eigenvalue weighted by atomic mass is 35.5. The van der Waals surface area contributed by atoms with E-state index in [9.17, 15) is 9.59 Å². The summed E-state index contributed by atoms with van der Waals surface area (Å²) in [5.41, 5.74) is 2.21. The standard InChI is InChI=1S/C23H27ClN2O2/c1-16(2)17-6-10-20(11-7-17)25-22(28)23(3)12-14-26(15-13-23)21(27)18-4-8-19(24)9-5-18/h4-11,16H,12-15H2,1-3H3,(H,25,28). The third-order valence-corrected chi connectivity index (χ3v) is 5.88. The van der Waals surface area contributed by atoms with Crippen molar-refractivity contribution >= 4 is 29.1 Å². The van der Waals surface area contributed by atoms with Crippen molar-refractivity contribution in [2.75, 3.05) is 18.4 Å². The molecule has 0 saturated carbocycles. The summed E-state index contributed by atoms with van der Waals surface area (Å²) in [5, 5.41) is 3.66. The molecule has 2 aromatic carbocycles. The minimum Gasteiger partial charge on any atom is -0.339 e. The molecular formula is C23H27ClN2O2. The maximum absolute atomic E-state index is 12.9.